The van der Waals surface area contributed by atoms with Gasteiger partial charge >= 0.3 is 0 Å². The van der Waals surface area contributed by atoms with Crippen LogP contribution >= 0.6 is 23.2 Å². The lowest BCUT2D eigenvalue weighted by Crippen LogP contribution is -2.34. The number of morpholine rings is 2. The van der Waals surface area contributed by atoms with Crippen molar-refractivity contribution < 1.29 is 19.1 Å². The largest absolute Gasteiger partial charge is 0.367 e. The fourth-order valence-corrected chi connectivity index (χ4v) is 6.90. The lowest BCUT2D eigenvalue weighted by molar-refractivity contribution is 0.0160. The molecule has 10 heteroatoms. The van der Waals surface area contributed by atoms with Crippen LogP contribution in [0.1, 0.15) is 56.9 Å². The van der Waals surface area contributed by atoms with Gasteiger partial charge in [0.15, 0.2) is 0 Å². The normalized spacial score (nSPS) is 25.5. The van der Waals surface area contributed by atoms with Crippen LogP contribution in [-0.2, 0) is 9.47 Å². The minimum absolute atomic E-state index is 0.0665. The molecule has 2 amide bonds. The van der Waals surface area contributed by atoms with Crippen molar-refractivity contribution in [2.24, 2.45) is 0 Å². The van der Waals surface area contributed by atoms with Crippen molar-refractivity contribution in [3.8, 4) is 0 Å². The predicted molar refractivity (Wildman–Crippen MR) is 180 cm³/mol. The molecular formula is C36H34Cl2N4O4. The highest BCUT2D eigenvalue weighted by Crippen LogP contribution is 2.38. The summed E-state index contributed by atoms with van der Waals surface area (Å²) < 4.78 is 12.0. The third-order valence-electron chi connectivity index (χ3n) is 8.80. The van der Waals surface area contributed by atoms with Crippen LogP contribution in [0.2, 0.25) is 10.0 Å². The summed E-state index contributed by atoms with van der Waals surface area (Å²) in [5.41, 5.74) is 4.85. The van der Waals surface area contributed by atoms with Gasteiger partial charge in [-0.15, -0.1) is 0 Å². The van der Waals surface area contributed by atoms with E-state index in [0.29, 0.717) is 45.5 Å². The Morgan fingerprint density at radius 2 is 1.13 bits per heavy atom. The van der Waals surface area contributed by atoms with Crippen LogP contribution in [0.5, 0.6) is 0 Å². The molecule has 4 N–H and O–H groups in total. The van der Waals surface area contributed by atoms with Gasteiger partial charge in [-0.05, 0) is 90.7 Å². The first-order valence-electron chi connectivity index (χ1n) is 15.5. The molecule has 8 rings (SSSR count). The number of rotatable bonds is 6. The summed E-state index contributed by atoms with van der Waals surface area (Å²) in [5.74, 6) is -0.317. The van der Waals surface area contributed by atoms with Crippen LogP contribution in [0.4, 0.5) is 11.4 Å². The van der Waals surface area contributed by atoms with Crippen LogP contribution < -0.4 is 21.3 Å². The molecule has 4 aliphatic heterocycles. The van der Waals surface area contributed by atoms with Gasteiger partial charge in [0.05, 0.1) is 24.4 Å². The zero-order chi connectivity index (χ0) is 31.6. The second kappa shape index (κ2) is 13.5. The number of carbonyl (C=O) groups is 2. The van der Waals surface area contributed by atoms with Gasteiger partial charge in [-0.3, -0.25) is 9.59 Å². The Bertz CT molecular complexity index is 1740. The SMILES string of the molecule is O=C(Nc1cccc([C@@H]2O[C@H]3CN[C@@H]2C3)c1)c1ccc(Cl)cc1.O=C(Nc1cccc([C@@H]2O[C@H]3CN[C@@H]2C3)c1)c1cccc(Cl)c1. The first-order chi connectivity index (χ1) is 22.4. The van der Waals surface area contributed by atoms with E-state index in [0.717, 1.165) is 48.4 Å². The number of halogens is 2. The fourth-order valence-electron chi connectivity index (χ4n) is 6.58. The molecule has 0 spiro atoms. The molecule has 0 radical (unpaired) electrons. The van der Waals surface area contributed by atoms with Crippen LogP contribution in [0.3, 0.4) is 0 Å². The summed E-state index contributed by atoms with van der Waals surface area (Å²) in [6.07, 6.45) is 2.89. The average Bonchev–Trinajstić information content (AvgIpc) is 3.89. The fraction of sp³-hybridized carbons (Fsp3) is 0.278. The second-order valence-corrected chi connectivity index (χ2v) is 12.9. The minimum atomic E-state index is -0.170. The Balaban J connectivity index is 0.000000147. The molecule has 4 aromatic rings. The first kappa shape index (κ1) is 30.9. The quantitative estimate of drug-likeness (QED) is 0.182. The molecule has 46 heavy (non-hydrogen) atoms. The molecule has 0 saturated carbocycles. The Hall–Kier alpha value is -3.76. The highest BCUT2D eigenvalue weighted by Gasteiger charge is 2.42. The molecule has 0 unspecified atom stereocenters. The van der Waals surface area contributed by atoms with E-state index in [1.165, 1.54) is 0 Å². The summed E-state index contributed by atoms with van der Waals surface area (Å²) in [5, 5.41) is 14.0. The van der Waals surface area contributed by atoms with Crippen molar-refractivity contribution >= 4 is 46.4 Å². The number of hydrogen-bond donors (Lipinski definition) is 4. The molecule has 4 heterocycles. The smallest absolute Gasteiger partial charge is 0.255 e. The van der Waals surface area contributed by atoms with Gasteiger partial charge < -0.3 is 30.7 Å². The van der Waals surface area contributed by atoms with Gasteiger partial charge in [-0.2, -0.15) is 0 Å². The number of fused-ring (bicyclic) bond motifs is 4. The van der Waals surface area contributed by atoms with Gasteiger partial charge in [-0.25, -0.2) is 0 Å². The van der Waals surface area contributed by atoms with Crippen molar-refractivity contribution in [1.82, 2.24) is 10.6 Å². The summed E-state index contributed by atoms with van der Waals surface area (Å²) >= 11 is 11.8. The van der Waals surface area contributed by atoms with E-state index in [1.807, 2.05) is 48.5 Å². The molecule has 8 nitrogen and oxygen atoms in total. The van der Waals surface area contributed by atoms with E-state index in [-0.39, 0.29) is 24.0 Å². The van der Waals surface area contributed by atoms with E-state index >= 15 is 0 Å². The van der Waals surface area contributed by atoms with E-state index in [4.69, 9.17) is 32.7 Å². The van der Waals surface area contributed by atoms with Crippen LogP contribution in [0, 0.1) is 0 Å². The molecule has 236 valence electrons. The maximum absolute atomic E-state index is 12.3. The van der Waals surface area contributed by atoms with Crippen molar-refractivity contribution in [3.63, 3.8) is 0 Å². The third kappa shape index (κ3) is 6.98. The van der Waals surface area contributed by atoms with Gasteiger partial charge in [0, 0.05) is 57.7 Å². The molecule has 4 aromatic carbocycles. The summed E-state index contributed by atoms with van der Waals surface area (Å²) in [6, 6.07) is 30.2. The second-order valence-electron chi connectivity index (χ2n) is 12.0. The lowest BCUT2D eigenvalue weighted by Gasteiger charge is -2.24. The first-order valence-corrected chi connectivity index (χ1v) is 16.2. The maximum atomic E-state index is 12.3. The summed E-state index contributed by atoms with van der Waals surface area (Å²) in [6.45, 7) is 1.88. The minimum Gasteiger partial charge on any atom is -0.367 e. The molecule has 4 bridgehead atoms. The number of carbonyl (C=O) groups excluding carboxylic acids is 2. The van der Waals surface area contributed by atoms with Gasteiger partial charge in [0.2, 0.25) is 0 Å². The summed E-state index contributed by atoms with van der Waals surface area (Å²) in [4.78, 5) is 24.6. The molecule has 4 fully saturated rings. The number of nitrogens with one attached hydrogen (secondary N) is 4. The average molecular weight is 658 g/mol. The van der Waals surface area contributed by atoms with E-state index < -0.39 is 0 Å². The number of anilines is 2. The highest BCUT2D eigenvalue weighted by molar-refractivity contribution is 6.31. The van der Waals surface area contributed by atoms with E-state index in [9.17, 15) is 9.59 Å². The van der Waals surface area contributed by atoms with E-state index in [2.05, 4.69) is 21.3 Å². The predicted octanol–water partition coefficient (Wildman–Crippen LogP) is 6.79. The topological polar surface area (TPSA) is 101 Å². The molecule has 4 aliphatic rings. The van der Waals surface area contributed by atoms with Crippen LogP contribution in [-0.4, -0.2) is 49.2 Å². The molecule has 6 atom stereocenters. The monoisotopic (exact) mass is 656 g/mol. The summed E-state index contributed by atoms with van der Waals surface area (Å²) in [7, 11) is 0. The molecule has 4 saturated heterocycles. The van der Waals surface area contributed by atoms with Gasteiger partial charge in [0.25, 0.3) is 11.8 Å². The number of benzene rings is 4. The van der Waals surface area contributed by atoms with Crippen LogP contribution in [0.15, 0.2) is 97.1 Å². The number of ether oxygens (including phenoxy) is 2. The van der Waals surface area contributed by atoms with Gasteiger partial charge in [-0.1, -0.05) is 53.5 Å². The lowest BCUT2D eigenvalue weighted by atomic mass is 10.0. The third-order valence-corrected chi connectivity index (χ3v) is 9.28. The van der Waals surface area contributed by atoms with Crippen molar-refractivity contribution in [2.45, 2.75) is 49.3 Å². The van der Waals surface area contributed by atoms with Crippen molar-refractivity contribution in [2.75, 3.05) is 23.7 Å². The highest BCUT2D eigenvalue weighted by atomic mass is 35.5. The van der Waals surface area contributed by atoms with Gasteiger partial charge in [0.1, 0.15) is 0 Å². The Morgan fingerprint density at radius 1 is 0.609 bits per heavy atom. The Kier molecular flexibility index (Phi) is 9.08. The zero-order valence-corrected chi connectivity index (χ0v) is 26.4. The van der Waals surface area contributed by atoms with Crippen molar-refractivity contribution in [1.29, 1.82) is 0 Å². The molecule has 0 aromatic heterocycles. The van der Waals surface area contributed by atoms with Crippen LogP contribution in [0.25, 0.3) is 0 Å². The van der Waals surface area contributed by atoms with E-state index in [1.54, 1.807) is 48.5 Å². The zero-order valence-electron chi connectivity index (χ0n) is 24.9. The Morgan fingerprint density at radius 3 is 1.61 bits per heavy atom. The standard InChI is InChI=1S/2C18H17ClN2O2/c19-13-5-1-4-12(7-13)18(22)21-14-6-2-3-11(8-14)17-16-9-15(23-17)10-20-16;19-13-6-4-11(5-7-13)18(22)21-14-3-1-2-12(8-14)17-16-9-15(23-17)10-20-16/h2*1-8,15-17,20H,9-10H2,(H,21,22)/t2*15-,16-,17+/m11/s1. The number of hydrogen-bond acceptors (Lipinski definition) is 6. The number of amides is 2. The maximum Gasteiger partial charge on any atom is 0.255 e. The van der Waals surface area contributed by atoms with Crippen molar-refractivity contribution in [3.05, 3.63) is 129 Å². The Labute approximate surface area is 277 Å². The molecular weight excluding hydrogens is 623 g/mol. The molecule has 0 aliphatic carbocycles.